The first kappa shape index (κ1) is 25.2. The topological polar surface area (TPSA) is 105 Å². The van der Waals surface area contributed by atoms with Crippen LogP contribution in [0.15, 0.2) is 0 Å². The molecule has 0 saturated heterocycles. The molecule has 0 aromatic heterocycles. The first-order valence-electron chi connectivity index (χ1n) is 13.1. The van der Waals surface area contributed by atoms with Gasteiger partial charge in [0.05, 0.1) is 18.6 Å². The second-order valence-corrected chi connectivity index (χ2v) is 12.8. The summed E-state index contributed by atoms with van der Waals surface area (Å²) in [6, 6.07) is -0.0832. The quantitative estimate of drug-likeness (QED) is 0.439. The Morgan fingerprint density at radius 2 is 1.85 bits per heavy atom. The second-order valence-electron chi connectivity index (χ2n) is 12.4. The summed E-state index contributed by atoms with van der Waals surface area (Å²) in [7, 11) is 0. The van der Waals surface area contributed by atoms with Crippen LogP contribution in [0.2, 0.25) is 0 Å². The van der Waals surface area contributed by atoms with Gasteiger partial charge in [0.1, 0.15) is 6.10 Å². The zero-order valence-electron chi connectivity index (χ0n) is 20.8. The van der Waals surface area contributed by atoms with Gasteiger partial charge in [0.2, 0.25) is 0 Å². The van der Waals surface area contributed by atoms with E-state index in [1.165, 1.54) is 0 Å². The number of aliphatic hydroxyl groups is 1. The predicted octanol–water partition coefficient (Wildman–Crippen LogP) is 4.09. The predicted molar refractivity (Wildman–Crippen MR) is 133 cm³/mol. The van der Waals surface area contributed by atoms with Crippen molar-refractivity contribution in [2.45, 2.75) is 103 Å². The standard InChI is InChI=1S/C26H44N2O4S/c1-15(2)21(14-29)28-23(33)32-17-7-10-24(3)16(13-17)5-6-19-18(24)8-11-25(4)20(22(30)31)9-12-26(19,25)27/h15-21,29H,5-14,27H2,1-4H3,(H,28,33)(H,30,31)/t16?,17?,18-,19+,20?,21?,24-,25+,26?/m0/s1. The van der Waals surface area contributed by atoms with Gasteiger partial charge in [-0.15, -0.1) is 0 Å². The molecule has 0 aromatic carbocycles. The minimum absolute atomic E-state index is 0.0398. The van der Waals surface area contributed by atoms with Crippen molar-refractivity contribution in [3.8, 4) is 0 Å². The fourth-order valence-electron chi connectivity index (χ4n) is 8.55. The van der Waals surface area contributed by atoms with Crippen LogP contribution in [0.5, 0.6) is 0 Å². The second kappa shape index (κ2) is 8.94. The largest absolute Gasteiger partial charge is 0.481 e. The van der Waals surface area contributed by atoms with Gasteiger partial charge >= 0.3 is 5.97 Å². The smallest absolute Gasteiger partial charge is 0.307 e. The van der Waals surface area contributed by atoms with E-state index in [1.807, 2.05) is 0 Å². The number of carbonyl (C=O) groups is 1. The summed E-state index contributed by atoms with van der Waals surface area (Å²) < 4.78 is 6.17. The summed E-state index contributed by atoms with van der Waals surface area (Å²) in [6.07, 6.45) is 9.03. The lowest BCUT2D eigenvalue weighted by Gasteiger charge is -2.64. The van der Waals surface area contributed by atoms with Crippen molar-refractivity contribution >= 4 is 23.4 Å². The van der Waals surface area contributed by atoms with Crippen LogP contribution in [0, 0.1) is 40.4 Å². The van der Waals surface area contributed by atoms with Crippen LogP contribution in [-0.4, -0.2) is 45.6 Å². The zero-order valence-corrected chi connectivity index (χ0v) is 21.6. The maximum atomic E-state index is 12.0. The molecule has 0 heterocycles. The van der Waals surface area contributed by atoms with E-state index in [0.29, 0.717) is 22.9 Å². The number of hydrogen-bond donors (Lipinski definition) is 4. The molecule has 4 aliphatic carbocycles. The van der Waals surface area contributed by atoms with Gasteiger partial charge in [-0.05, 0) is 105 Å². The van der Waals surface area contributed by atoms with E-state index < -0.39 is 5.97 Å². The van der Waals surface area contributed by atoms with Gasteiger partial charge in [-0.2, -0.15) is 0 Å². The highest BCUT2D eigenvalue weighted by atomic mass is 32.1. The number of nitrogens with one attached hydrogen (secondary N) is 1. The van der Waals surface area contributed by atoms with Crippen molar-refractivity contribution in [1.29, 1.82) is 0 Å². The first-order chi connectivity index (χ1) is 15.5. The number of aliphatic hydroxyl groups excluding tert-OH is 1. The Morgan fingerprint density at radius 1 is 1.12 bits per heavy atom. The molecule has 5 N–H and O–H groups in total. The van der Waals surface area contributed by atoms with Crippen LogP contribution in [0.3, 0.4) is 0 Å². The van der Waals surface area contributed by atoms with Crippen molar-refractivity contribution < 1.29 is 19.7 Å². The van der Waals surface area contributed by atoms with Crippen LogP contribution in [0.25, 0.3) is 0 Å². The van der Waals surface area contributed by atoms with Crippen LogP contribution >= 0.6 is 12.2 Å². The van der Waals surface area contributed by atoms with Crippen LogP contribution in [0.4, 0.5) is 0 Å². The van der Waals surface area contributed by atoms with Gasteiger partial charge < -0.3 is 26.0 Å². The van der Waals surface area contributed by atoms with E-state index in [0.717, 1.165) is 57.8 Å². The summed E-state index contributed by atoms with van der Waals surface area (Å²) in [4.78, 5) is 12.0. The van der Waals surface area contributed by atoms with Crippen molar-refractivity contribution in [1.82, 2.24) is 5.32 Å². The van der Waals surface area contributed by atoms with Crippen LogP contribution in [0.1, 0.15) is 85.5 Å². The molecule has 4 aliphatic rings. The highest BCUT2D eigenvalue weighted by Gasteiger charge is 2.67. The van der Waals surface area contributed by atoms with Crippen molar-refractivity contribution in [2.75, 3.05) is 6.61 Å². The molecule has 0 spiro atoms. The highest BCUT2D eigenvalue weighted by Crippen LogP contribution is 2.68. The monoisotopic (exact) mass is 480 g/mol. The Balaban J connectivity index is 1.44. The minimum atomic E-state index is -0.661. The summed E-state index contributed by atoms with van der Waals surface area (Å²) in [5.41, 5.74) is 6.79. The van der Waals surface area contributed by atoms with Crippen LogP contribution in [-0.2, 0) is 9.53 Å². The maximum Gasteiger partial charge on any atom is 0.307 e. The normalized spacial score (nSPS) is 45.5. The summed E-state index contributed by atoms with van der Waals surface area (Å²) in [5, 5.41) is 23.0. The van der Waals surface area contributed by atoms with E-state index in [1.54, 1.807) is 0 Å². The van der Waals surface area contributed by atoms with E-state index in [9.17, 15) is 15.0 Å². The van der Waals surface area contributed by atoms with E-state index >= 15 is 0 Å². The number of fused-ring (bicyclic) bond motifs is 5. The average molecular weight is 481 g/mol. The number of carboxylic acid groups (broad SMARTS) is 1. The van der Waals surface area contributed by atoms with E-state index in [-0.39, 0.29) is 47.0 Å². The van der Waals surface area contributed by atoms with Gasteiger partial charge in [-0.25, -0.2) is 0 Å². The molecular formula is C26H44N2O4S. The number of thiocarbonyl (C=S) groups is 1. The lowest BCUT2D eigenvalue weighted by molar-refractivity contribution is -0.157. The van der Waals surface area contributed by atoms with E-state index in [4.69, 9.17) is 22.7 Å². The first-order valence-corrected chi connectivity index (χ1v) is 13.5. The Morgan fingerprint density at radius 3 is 2.48 bits per heavy atom. The molecule has 0 amide bonds. The van der Waals surface area contributed by atoms with Crippen LogP contribution < -0.4 is 11.1 Å². The van der Waals surface area contributed by atoms with E-state index in [2.05, 4.69) is 33.0 Å². The molecular weight excluding hydrogens is 436 g/mol. The molecule has 0 aromatic rings. The lowest BCUT2D eigenvalue weighted by atomic mass is 9.42. The van der Waals surface area contributed by atoms with Gasteiger partial charge in [0.25, 0.3) is 5.17 Å². The molecule has 4 rings (SSSR count). The van der Waals surface area contributed by atoms with Gasteiger partial charge in [-0.3, -0.25) is 4.79 Å². The van der Waals surface area contributed by atoms with Gasteiger partial charge in [0, 0.05) is 5.54 Å². The number of rotatable bonds is 5. The fraction of sp³-hybridized carbons (Fsp3) is 0.923. The SMILES string of the molecule is CC(C)C(CO)NC(=S)OC1CC[C@@]2(C)C(CC[C@@H]3[C@@H]2CC[C@]2(C)C(C(=O)O)CCC32N)C1. The maximum absolute atomic E-state index is 12.0. The molecule has 7 heteroatoms. The number of hydrogen-bond acceptors (Lipinski definition) is 5. The summed E-state index contributed by atoms with van der Waals surface area (Å²) in [5.74, 6) is 0.875. The van der Waals surface area contributed by atoms with Crippen molar-refractivity contribution in [3.63, 3.8) is 0 Å². The third-order valence-corrected chi connectivity index (χ3v) is 11.0. The Labute approximate surface area is 204 Å². The molecule has 9 atom stereocenters. The van der Waals surface area contributed by atoms with Gasteiger partial charge in [0.15, 0.2) is 0 Å². The molecule has 0 aliphatic heterocycles. The third kappa shape index (κ3) is 4.00. The minimum Gasteiger partial charge on any atom is -0.481 e. The van der Waals surface area contributed by atoms with Gasteiger partial charge in [-0.1, -0.05) is 27.7 Å². The fourth-order valence-corrected chi connectivity index (χ4v) is 8.84. The highest BCUT2D eigenvalue weighted by molar-refractivity contribution is 7.80. The number of nitrogens with two attached hydrogens (primary N) is 1. The molecule has 0 bridgehead atoms. The molecule has 0 radical (unpaired) electrons. The number of carboxylic acids is 1. The Hall–Kier alpha value is -0.920. The third-order valence-electron chi connectivity index (χ3n) is 10.8. The molecule has 4 fully saturated rings. The Bertz CT molecular complexity index is 777. The molecule has 188 valence electrons. The average Bonchev–Trinajstić information content (AvgIpc) is 3.03. The lowest BCUT2D eigenvalue weighted by Crippen LogP contribution is -2.66. The molecule has 4 saturated carbocycles. The summed E-state index contributed by atoms with van der Waals surface area (Å²) >= 11 is 5.46. The van der Waals surface area contributed by atoms with Crippen molar-refractivity contribution in [2.24, 2.45) is 46.2 Å². The van der Waals surface area contributed by atoms with Crippen molar-refractivity contribution in [3.05, 3.63) is 0 Å². The molecule has 5 unspecified atom stereocenters. The summed E-state index contributed by atoms with van der Waals surface area (Å²) in [6.45, 7) is 8.79. The molecule has 6 nitrogen and oxygen atoms in total. The molecule has 33 heavy (non-hydrogen) atoms. The Kier molecular flexibility index (Phi) is 6.82. The number of aliphatic carboxylic acids is 1. The zero-order chi connectivity index (χ0) is 24.2. The number of ether oxygens (including phenoxy) is 1.